The second-order valence-corrected chi connectivity index (χ2v) is 4.15. The van der Waals surface area contributed by atoms with Crippen molar-refractivity contribution >= 4 is 5.97 Å². The Morgan fingerprint density at radius 2 is 2.14 bits per heavy atom. The molecule has 0 radical (unpaired) electrons. The minimum Gasteiger partial charge on any atom is -0.480 e. The lowest BCUT2D eigenvalue weighted by Gasteiger charge is -2.36. The summed E-state index contributed by atoms with van der Waals surface area (Å²) in [6.07, 6.45) is 1.65. The van der Waals surface area contributed by atoms with Crippen molar-refractivity contribution in [3.63, 3.8) is 0 Å². The highest BCUT2D eigenvalue weighted by atomic mass is 16.4. The normalized spacial score (nSPS) is 28.4. The minimum absolute atomic E-state index is 0.227. The van der Waals surface area contributed by atoms with Gasteiger partial charge in [-0.05, 0) is 39.2 Å². The standard InChI is InChI=1S/C10H19NO3/c1-7(10(13)14)11-5-3-4-9(6-11)8(2)12/h7-9,12H,3-6H2,1-2H3,(H,13,14)/t7-,8+,9-/m1/s1. The third kappa shape index (κ3) is 2.69. The van der Waals surface area contributed by atoms with E-state index in [1.807, 2.05) is 4.90 Å². The molecule has 82 valence electrons. The number of aliphatic hydroxyl groups is 1. The highest BCUT2D eigenvalue weighted by Crippen LogP contribution is 2.21. The van der Waals surface area contributed by atoms with Gasteiger partial charge in [0.25, 0.3) is 0 Å². The van der Waals surface area contributed by atoms with Crippen molar-refractivity contribution in [2.45, 2.75) is 38.8 Å². The predicted octanol–water partition coefficient (Wildman–Crippen LogP) is 0.552. The molecular formula is C10H19NO3. The van der Waals surface area contributed by atoms with E-state index in [1.54, 1.807) is 13.8 Å². The molecule has 0 aromatic carbocycles. The van der Waals surface area contributed by atoms with Gasteiger partial charge in [-0.15, -0.1) is 0 Å². The van der Waals surface area contributed by atoms with Gasteiger partial charge in [0.1, 0.15) is 6.04 Å². The number of carboxylic acid groups (broad SMARTS) is 1. The first kappa shape index (κ1) is 11.5. The van der Waals surface area contributed by atoms with Crippen LogP contribution in [0.15, 0.2) is 0 Å². The number of piperidine rings is 1. The van der Waals surface area contributed by atoms with Crippen molar-refractivity contribution in [2.24, 2.45) is 5.92 Å². The molecule has 0 amide bonds. The molecule has 0 aromatic heterocycles. The predicted molar refractivity (Wildman–Crippen MR) is 53.1 cm³/mol. The first-order chi connectivity index (χ1) is 6.52. The summed E-state index contributed by atoms with van der Waals surface area (Å²) < 4.78 is 0. The van der Waals surface area contributed by atoms with Gasteiger partial charge in [0.05, 0.1) is 6.10 Å². The second-order valence-electron chi connectivity index (χ2n) is 4.15. The van der Waals surface area contributed by atoms with E-state index in [0.29, 0.717) is 6.54 Å². The molecular weight excluding hydrogens is 182 g/mol. The van der Waals surface area contributed by atoms with E-state index < -0.39 is 12.0 Å². The van der Waals surface area contributed by atoms with Crippen LogP contribution in [-0.4, -0.2) is 46.3 Å². The van der Waals surface area contributed by atoms with Gasteiger partial charge in [-0.3, -0.25) is 9.69 Å². The van der Waals surface area contributed by atoms with Crippen molar-refractivity contribution in [2.75, 3.05) is 13.1 Å². The van der Waals surface area contributed by atoms with E-state index in [0.717, 1.165) is 19.4 Å². The van der Waals surface area contributed by atoms with Crippen molar-refractivity contribution in [1.29, 1.82) is 0 Å². The molecule has 0 aliphatic carbocycles. The number of hydrogen-bond donors (Lipinski definition) is 2. The number of hydrogen-bond acceptors (Lipinski definition) is 3. The maximum Gasteiger partial charge on any atom is 0.320 e. The molecule has 1 fully saturated rings. The van der Waals surface area contributed by atoms with Crippen molar-refractivity contribution in [3.05, 3.63) is 0 Å². The Morgan fingerprint density at radius 1 is 1.50 bits per heavy atom. The van der Waals surface area contributed by atoms with E-state index >= 15 is 0 Å². The highest BCUT2D eigenvalue weighted by molar-refractivity contribution is 5.72. The number of aliphatic carboxylic acids is 1. The summed E-state index contributed by atoms with van der Waals surface area (Å²) in [5.74, 6) is -0.554. The van der Waals surface area contributed by atoms with E-state index in [1.165, 1.54) is 0 Å². The number of aliphatic hydroxyl groups excluding tert-OH is 1. The molecule has 1 aliphatic heterocycles. The van der Waals surface area contributed by atoms with Crippen LogP contribution in [-0.2, 0) is 4.79 Å². The maximum atomic E-state index is 10.8. The monoisotopic (exact) mass is 201 g/mol. The van der Waals surface area contributed by atoms with Crippen molar-refractivity contribution in [3.8, 4) is 0 Å². The first-order valence-electron chi connectivity index (χ1n) is 5.17. The molecule has 0 bridgehead atoms. The molecule has 1 rings (SSSR count). The highest BCUT2D eigenvalue weighted by Gasteiger charge is 2.28. The fourth-order valence-corrected chi connectivity index (χ4v) is 1.94. The molecule has 1 saturated heterocycles. The van der Waals surface area contributed by atoms with E-state index in [-0.39, 0.29) is 12.0 Å². The summed E-state index contributed by atoms with van der Waals surface area (Å²) in [6, 6.07) is -0.434. The molecule has 2 N–H and O–H groups in total. The van der Waals surface area contributed by atoms with Gasteiger partial charge in [-0.25, -0.2) is 0 Å². The minimum atomic E-state index is -0.781. The molecule has 0 unspecified atom stereocenters. The van der Waals surface area contributed by atoms with Crippen LogP contribution in [0.25, 0.3) is 0 Å². The lowest BCUT2D eigenvalue weighted by molar-refractivity contribution is -0.143. The Hall–Kier alpha value is -0.610. The number of carboxylic acids is 1. The van der Waals surface area contributed by atoms with Gasteiger partial charge in [-0.2, -0.15) is 0 Å². The lowest BCUT2D eigenvalue weighted by atomic mass is 9.92. The summed E-state index contributed by atoms with van der Waals surface area (Å²) in [5.41, 5.74) is 0. The van der Waals surface area contributed by atoms with Crippen LogP contribution >= 0.6 is 0 Å². The van der Waals surface area contributed by atoms with Crippen LogP contribution in [0, 0.1) is 5.92 Å². The molecule has 0 aromatic rings. The Morgan fingerprint density at radius 3 is 2.64 bits per heavy atom. The summed E-state index contributed by atoms with van der Waals surface area (Å²) in [5, 5.41) is 18.3. The summed E-state index contributed by atoms with van der Waals surface area (Å²) in [7, 11) is 0. The molecule has 1 heterocycles. The van der Waals surface area contributed by atoms with E-state index in [9.17, 15) is 9.90 Å². The Balaban J connectivity index is 2.51. The summed E-state index contributed by atoms with van der Waals surface area (Å²) >= 11 is 0. The third-order valence-corrected chi connectivity index (χ3v) is 3.08. The fraction of sp³-hybridized carbons (Fsp3) is 0.900. The molecule has 1 aliphatic rings. The average Bonchev–Trinajstić information content (AvgIpc) is 2.16. The smallest absolute Gasteiger partial charge is 0.320 e. The van der Waals surface area contributed by atoms with Crippen molar-refractivity contribution < 1.29 is 15.0 Å². The molecule has 0 saturated carbocycles. The second kappa shape index (κ2) is 4.75. The van der Waals surface area contributed by atoms with Gasteiger partial charge in [0.15, 0.2) is 0 Å². The van der Waals surface area contributed by atoms with Crippen LogP contribution in [0.3, 0.4) is 0 Å². The van der Waals surface area contributed by atoms with Gasteiger partial charge < -0.3 is 10.2 Å². The molecule has 14 heavy (non-hydrogen) atoms. The number of likely N-dealkylation sites (tertiary alicyclic amines) is 1. The zero-order valence-corrected chi connectivity index (χ0v) is 8.81. The van der Waals surface area contributed by atoms with Gasteiger partial charge in [0, 0.05) is 6.54 Å². The largest absolute Gasteiger partial charge is 0.480 e. The van der Waals surface area contributed by atoms with Crippen LogP contribution in [0.5, 0.6) is 0 Å². The fourth-order valence-electron chi connectivity index (χ4n) is 1.94. The average molecular weight is 201 g/mol. The molecule has 4 nitrogen and oxygen atoms in total. The molecule has 3 atom stereocenters. The Kier molecular flexibility index (Phi) is 3.89. The molecule has 0 spiro atoms. The summed E-state index contributed by atoms with van der Waals surface area (Å²) in [4.78, 5) is 12.7. The van der Waals surface area contributed by atoms with Crippen LogP contribution in [0.1, 0.15) is 26.7 Å². The maximum absolute atomic E-state index is 10.8. The Bertz CT molecular complexity index is 206. The van der Waals surface area contributed by atoms with E-state index in [4.69, 9.17) is 5.11 Å². The summed E-state index contributed by atoms with van der Waals surface area (Å²) in [6.45, 7) is 5.01. The zero-order valence-electron chi connectivity index (χ0n) is 8.81. The number of rotatable bonds is 3. The topological polar surface area (TPSA) is 60.8 Å². The Labute approximate surface area is 84.5 Å². The SMILES string of the molecule is C[C@H](O)[C@@H]1CCCN([C@H](C)C(=O)O)C1. The quantitative estimate of drug-likeness (QED) is 0.700. The lowest BCUT2D eigenvalue weighted by Crippen LogP contribution is -2.47. The third-order valence-electron chi connectivity index (χ3n) is 3.08. The van der Waals surface area contributed by atoms with Crippen LogP contribution < -0.4 is 0 Å². The number of nitrogens with zero attached hydrogens (tertiary/aromatic N) is 1. The van der Waals surface area contributed by atoms with Crippen LogP contribution in [0.2, 0.25) is 0 Å². The van der Waals surface area contributed by atoms with Crippen molar-refractivity contribution in [1.82, 2.24) is 4.90 Å². The zero-order chi connectivity index (χ0) is 10.7. The van der Waals surface area contributed by atoms with Gasteiger partial charge in [0.2, 0.25) is 0 Å². The van der Waals surface area contributed by atoms with Crippen LogP contribution in [0.4, 0.5) is 0 Å². The number of carbonyl (C=O) groups is 1. The first-order valence-corrected chi connectivity index (χ1v) is 5.17. The van der Waals surface area contributed by atoms with Gasteiger partial charge >= 0.3 is 5.97 Å². The molecule has 4 heteroatoms. The van der Waals surface area contributed by atoms with Gasteiger partial charge in [-0.1, -0.05) is 0 Å². The van der Waals surface area contributed by atoms with E-state index in [2.05, 4.69) is 0 Å².